The standard InChI is InChI=1S/C36H47N11O4/c1-6-31(48)23-11-13-27-25(19-23)38-35(40-33(50)29-17-21(4)42-46(29)7-2)44(27)15-9-10-16-45-28-14-12-24(32(37)49)20-26(28)39-36(45)41-34(51)30-18-22(5)43-47(30)8-3/h11-13,19-20,28-30H,6-10,14-18H2,1-5H3,(H2,37,49)(H,38,40,50)(H,39,41,51). The number of anilines is 1. The second-order valence-electron chi connectivity index (χ2n) is 13.3. The van der Waals surface area contributed by atoms with Crippen molar-refractivity contribution in [3.8, 4) is 0 Å². The zero-order valence-corrected chi connectivity index (χ0v) is 30.0. The summed E-state index contributed by atoms with van der Waals surface area (Å²) in [5.74, 6) is 0.00719. The van der Waals surface area contributed by atoms with Crippen molar-refractivity contribution in [3.05, 3.63) is 47.2 Å². The second-order valence-corrected chi connectivity index (χ2v) is 13.3. The summed E-state index contributed by atoms with van der Waals surface area (Å²) in [7, 11) is 0. The van der Waals surface area contributed by atoms with Crippen LogP contribution in [-0.4, -0.2) is 103 Å². The zero-order chi connectivity index (χ0) is 36.4. The SMILES string of the molecule is CCC(=O)c1ccc2c(c1)nc(NC(=O)C1CC(C)=NN1CC)n2CCCCN1C(NC(=O)C2CC(C)=NN2CC)=NC2=CC(C(N)=O)=CCC21. The Morgan fingerprint density at radius 3 is 2.18 bits per heavy atom. The number of aliphatic imine (C=N–C) groups is 1. The first-order valence-corrected chi connectivity index (χ1v) is 17.8. The Morgan fingerprint density at radius 2 is 1.55 bits per heavy atom. The Bertz CT molecular complexity index is 1900. The number of guanidine groups is 1. The quantitative estimate of drug-likeness (QED) is 0.211. The monoisotopic (exact) mass is 697 g/mol. The molecule has 0 bridgehead atoms. The normalized spacial score (nSPS) is 21.2. The molecule has 15 heteroatoms. The van der Waals surface area contributed by atoms with Gasteiger partial charge in [-0.05, 0) is 71.2 Å². The highest BCUT2D eigenvalue weighted by atomic mass is 16.2. The molecule has 6 rings (SSSR count). The van der Waals surface area contributed by atoms with Crippen LogP contribution in [0.3, 0.4) is 0 Å². The molecular formula is C36H47N11O4. The lowest BCUT2D eigenvalue weighted by atomic mass is 9.99. The number of nitrogens with one attached hydrogen (secondary N) is 2. The number of primary amides is 1. The molecule has 1 aromatic carbocycles. The maximum Gasteiger partial charge on any atom is 0.251 e. The van der Waals surface area contributed by atoms with Crippen LogP contribution in [0.4, 0.5) is 5.95 Å². The van der Waals surface area contributed by atoms with Crippen molar-refractivity contribution in [1.82, 2.24) is 29.8 Å². The van der Waals surface area contributed by atoms with Crippen LogP contribution < -0.4 is 16.4 Å². The van der Waals surface area contributed by atoms with Gasteiger partial charge in [-0.25, -0.2) is 9.98 Å². The van der Waals surface area contributed by atoms with Crippen LogP contribution in [0.5, 0.6) is 0 Å². The Morgan fingerprint density at radius 1 is 0.902 bits per heavy atom. The number of ketones is 1. The zero-order valence-electron chi connectivity index (χ0n) is 30.0. The minimum atomic E-state index is -0.517. The molecule has 51 heavy (non-hydrogen) atoms. The average molecular weight is 698 g/mol. The van der Waals surface area contributed by atoms with Gasteiger partial charge in [0.25, 0.3) is 11.8 Å². The molecule has 3 atom stereocenters. The molecule has 0 spiro atoms. The summed E-state index contributed by atoms with van der Waals surface area (Å²) in [6, 6.07) is 4.49. The van der Waals surface area contributed by atoms with E-state index in [1.54, 1.807) is 22.2 Å². The van der Waals surface area contributed by atoms with Crippen molar-refractivity contribution in [2.45, 2.75) is 97.8 Å². The molecule has 3 amide bonds. The van der Waals surface area contributed by atoms with E-state index in [0.29, 0.717) is 92.5 Å². The van der Waals surface area contributed by atoms with Crippen LogP contribution in [0.25, 0.3) is 11.0 Å². The van der Waals surface area contributed by atoms with Crippen LogP contribution >= 0.6 is 0 Å². The van der Waals surface area contributed by atoms with E-state index in [9.17, 15) is 19.2 Å². The smallest absolute Gasteiger partial charge is 0.251 e. The predicted octanol–water partition coefficient (Wildman–Crippen LogP) is 3.14. The summed E-state index contributed by atoms with van der Waals surface area (Å²) in [5.41, 5.74) is 10.5. The number of unbranched alkanes of at least 4 members (excludes halogenated alkanes) is 1. The molecule has 3 aliphatic heterocycles. The van der Waals surface area contributed by atoms with E-state index in [2.05, 4.69) is 25.7 Å². The highest BCUT2D eigenvalue weighted by molar-refractivity contribution is 6.04. The number of hydrogen-bond acceptors (Lipinski definition) is 11. The number of amides is 3. The van der Waals surface area contributed by atoms with Gasteiger partial charge in [0.2, 0.25) is 17.8 Å². The third kappa shape index (κ3) is 7.28. The molecule has 0 saturated heterocycles. The molecule has 3 unspecified atom stereocenters. The number of aryl methyl sites for hydroxylation is 1. The fourth-order valence-corrected chi connectivity index (χ4v) is 7.17. The number of hydrogen-bond donors (Lipinski definition) is 3. The summed E-state index contributed by atoms with van der Waals surface area (Å²) in [6.45, 7) is 11.9. The number of nitrogens with zero attached hydrogens (tertiary/aromatic N) is 8. The summed E-state index contributed by atoms with van der Waals surface area (Å²) >= 11 is 0. The molecule has 0 saturated carbocycles. The molecular weight excluding hydrogens is 650 g/mol. The number of Topliss-reactive ketones (excluding diaryl/α,β-unsaturated/α-hetero) is 1. The lowest BCUT2D eigenvalue weighted by Crippen LogP contribution is -2.51. The van der Waals surface area contributed by atoms with Gasteiger partial charge in [-0.2, -0.15) is 10.2 Å². The Hall–Kier alpha value is -5.34. The lowest BCUT2D eigenvalue weighted by Gasteiger charge is -2.30. The first-order chi connectivity index (χ1) is 24.5. The van der Waals surface area contributed by atoms with E-state index in [1.165, 1.54) is 0 Å². The van der Waals surface area contributed by atoms with Crippen molar-refractivity contribution in [2.24, 2.45) is 20.9 Å². The number of nitrogens with two attached hydrogens (primary N) is 1. The number of benzene rings is 1. The third-order valence-electron chi connectivity index (χ3n) is 9.81. The average Bonchev–Trinajstić information content (AvgIpc) is 3.87. The first-order valence-electron chi connectivity index (χ1n) is 17.8. The second kappa shape index (κ2) is 14.9. The van der Waals surface area contributed by atoms with Gasteiger partial charge < -0.3 is 15.2 Å². The van der Waals surface area contributed by atoms with Gasteiger partial charge in [0.15, 0.2) is 5.78 Å². The Balaban J connectivity index is 1.19. The number of carbonyl (C=O) groups is 4. The fourth-order valence-electron chi connectivity index (χ4n) is 7.17. The van der Waals surface area contributed by atoms with Crippen molar-refractivity contribution in [1.29, 1.82) is 0 Å². The number of hydrazone groups is 2. The van der Waals surface area contributed by atoms with Gasteiger partial charge in [0.05, 0.1) is 22.8 Å². The van der Waals surface area contributed by atoms with Crippen molar-refractivity contribution >= 4 is 57.9 Å². The molecule has 1 aromatic heterocycles. The summed E-state index contributed by atoms with van der Waals surface area (Å²) in [6.07, 6.45) is 6.94. The van der Waals surface area contributed by atoms with Gasteiger partial charge in [0.1, 0.15) is 12.1 Å². The maximum atomic E-state index is 13.5. The number of fused-ring (bicyclic) bond motifs is 2. The van der Waals surface area contributed by atoms with E-state index in [-0.39, 0.29) is 23.6 Å². The van der Waals surface area contributed by atoms with Crippen molar-refractivity contribution < 1.29 is 19.2 Å². The van der Waals surface area contributed by atoms with Gasteiger partial charge >= 0.3 is 0 Å². The van der Waals surface area contributed by atoms with Crippen molar-refractivity contribution in [2.75, 3.05) is 25.0 Å². The topological polar surface area (TPSA) is 183 Å². The minimum absolute atomic E-state index is 0.0243. The number of carbonyl (C=O) groups excluding carboxylic acids is 4. The van der Waals surface area contributed by atoms with Crippen LogP contribution in [0.2, 0.25) is 0 Å². The van der Waals surface area contributed by atoms with E-state index >= 15 is 0 Å². The third-order valence-corrected chi connectivity index (χ3v) is 9.81. The maximum absolute atomic E-state index is 13.5. The molecule has 270 valence electrons. The molecule has 15 nitrogen and oxygen atoms in total. The molecule has 1 aliphatic carbocycles. The molecule has 4 N–H and O–H groups in total. The highest BCUT2D eigenvalue weighted by Crippen LogP contribution is 2.30. The number of rotatable bonds is 13. The van der Waals surface area contributed by atoms with Gasteiger partial charge in [-0.15, -0.1) is 0 Å². The van der Waals surface area contributed by atoms with E-state index < -0.39 is 18.0 Å². The van der Waals surface area contributed by atoms with Crippen LogP contribution in [0, 0.1) is 0 Å². The molecule has 4 aliphatic rings. The molecule has 0 fully saturated rings. The summed E-state index contributed by atoms with van der Waals surface area (Å²) in [5, 5.41) is 18.7. The van der Waals surface area contributed by atoms with E-state index in [0.717, 1.165) is 23.4 Å². The van der Waals surface area contributed by atoms with Gasteiger partial charge in [-0.3, -0.25) is 39.8 Å². The molecule has 4 heterocycles. The lowest BCUT2D eigenvalue weighted by molar-refractivity contribution is -0.124. The van der Waals surface area contributed by atoms with Gasteiger partial charge in [0, 0.05) is 68.0 Å². The number of aromatic nitrogens is 2. The van der Waals surface area contributed by atoms with Crippen LogP contribution in [0.15, 0.2) is 56.8 Å². The largest absolute Gasteiger partial charge is 0.366 e. The fraction of sp³-hybridized carbons (Fsp3) is 0.500. The predicted molar refractivity (Wildman–Crippen MR) is 196 cm³/mol. The van der Waals surface area contributed by atoms with Crippen LogP contribution in [-0.2, 0) is 20.9 Å². The number of likely N-dealkylation sites (N-methyl/N-ethyl adjacent to an activating group) is 2. The summed E-state index contributed by atoms with van der Waals surface area (Å²) < 4.78 is 1.99. The molecule has 0 radical (unpaired) electrons. The Kier molecular flexibility index (Phi) is 10.3. The van der Waals surface area contributed by atoms with Gasteiger partial charge in [-0.1, -0.05) is 13.0 Å². The molecule has 2 aromatic rings. The minimum Gasteiger partial charge on any atom is -0.366 e. The Labute approximate surface area is 297 Å². The van der Waals surface area contributed by atoms with E-state index in [1.807, 2.05) is 57.4 Å². The van der Waals surface area contributed by atoms with E-state index in [4.69, 9.17) is 15.7 Å². The number of imidazole rings is 1. The van der Waals surface area contributed by atoms with Crippen molar-refractivity contribution in [3.63, 3.8) is 0 Å². The first kappa shape index (κ1) is 35.5. The highest BCUT2D eigenvalue weighted by Gasteiger charge is 2.37. The summed E-state index contributed by atoms with van der Waals surface area (Å²) in [4.78, 5) is 63.1. The van der Waals surface area contributed by atoms with Crippen LogP contribution in [0.1, 0.15) is 83.5 Å².